The summed E-state index contributed by atoms with van der Waals surface area (Å²) in [5.41, 5.74) is 3.15. The van der Waals surface area contributed by atoms with Crippen molar-refractivity contribution in [3.05, 3.63) is 93.9 Å². The zero-order valence-electron chi connectivity index (χ0n) is 17.6. The number of carbonyl (C=O) groups is 2. The molecule has 33 heavy (non-hydrogen) atoms. The van der Waals surface area contributed by atoms with Gasteiger partial charge in [0.2, 0.25) is 0 Å². The van der Waals surface area contributed by atoms with Gasteiger partial charge >= 0.3 is 0 Å². The molecule has 166 valence electrons. The van der Waals surface area contributed by atoms with E-state index in [0.717, 1.165) is 5.56 Å². The van der Waals surface area contributed by atoms with Crippen LogP contribution in [0.2, 0.25) is 5.02 Å². The lowest BCUT2D eigenvalue weighted by Crippen LogP contribution is -2.27. The molecular weight excluding hydrogens is 476 g/mol. The molecule has 0 saturated carbocycles. The molecule has 0 aromatic heterocycles. The number of benzene rings is 3. The Bertz CT molecular complexity index is 1240. The number of aryl methyl sites for hydroxylation is 1. The highest BCUT2D eigenvalue weighted by molar-refractivity contribution is 8.27. The third-order valence-corrected chi connectivity index (χ3v) is 6.33. The van der Waals surface area contributed by atoms with E-state index < -0.39 is 0 Å². The standard InChI is InChI=1S/C25H19ClN2O3S2/c1-16-6-10-19(11-7-16)27-23(29)15-31-21-5-3-2-4-17(21)14-22-24(30)28(25(32)33-22)20-12-8-18(26)9-13-20/h2-14H,15H2,1H3,(H,27,29)/b22-14-. The fourth-order valence-corrected chi connectivity index (χ4v) is 4.55. The highest BCUT2D eigenvalue weighted by Gasteiger charge is 2.33. The van der Waals surface area contributed by atoms with Gasteiger partial charge in [0.05, 0.1) is 10.6 Å². The van der Waals surface area contributed by atoms with Gasteiger partial charge in [-0.3, -0.25) is 14.5 Å². The molecule has 1 aliphatic rings. The smallest absolute Gasteiger partial charge is 0.270 e. The first-order valence-electron chi connectivity index (χ1n) is 10.0. The van der Waals surface area contributed by atoms with Crippen molar-refractivity contribution >= 4 is 69.2 Å². The first-order chi connectivity index (χ1) is 15.9. The topological polar surface area (TPSA) is 58.6 Å². The first-order valence-corrected chi connectivity index (χ1v) is 11.6. The van der Waals surface area contributed by atoms with E-state index in [1.165, 1.54) is 16.7 Å². The van der Waals surface area contributed by atoms with Crippen molar-refractivity contribution in [3.63, 3.8) is 0 Å². The number of carbonyl (C=O) groups excluding carboxylic acids is 2. The van der Waals surface area contributed by atoms with Crippen molar-refractivity contribution < 1.29 is 14.3 Å². The van der Waals surface area contributed by atoms with E-state index in [1.807, 2.05) is 49.4 Å². The quantitative estimate of drug-likeness (QED) is 0.333. The SMILES string of the molecule is Cc1ccc(NC(=O)COc2ccccc2/C=C2\SC(=S)N(c3ccc(Cl)cc3)C2=O)cc1. The lowest BCUT2D eigenvalue weighted by molar-refractivity contribution is -0.118. The van der Waals surface area contributed by atoms with Gasteiger partial charge in [0.15, 0.2) is 10.9 Å². The number of amides is 2. The second-order valence-corrected chi connectivity index (χ2v) is 9.35. The molecule has 1 saturated heterocycles. The summed E-state index contributed by atoms with van der Waals surface area (Å²) in [5.74, 6) is -0.00437. The molecule has 3 aromatic carbocycles. The third-order valence-electron chi connectivity index (χ3n) is 4.78. The molecule has 0 bridgehead atoms. The first kappa shape index (κ1) is 23.0. The zero-order valence-corrected chi connectivity index (χ0v) is 20.0. The molecule has 4 rings (SSSR count). The van der Waals surface area contributed by atoms with Crippen molar-refractivity contribution in [2.24, 2.45) is 0 Å². The van der Waals surface area contributed by atoms with Gasteiger partial charge in [0.25, 0.3) is 11.8 Å². The van der Waals surface area contributed by atoms with Crippen LogP contribution in [-0.2, 0) is 9.59 Å². The minimum atomic E-state index is -0.275. The molecule has 0 radical (unpaired) electrons. The Morgan fingerprint density at radius 3 is 2.52 bits per heavy atom. The largest absolute Gasteiger partial charge is 0.483 e. The van der Waals surface area contributed by atoms with Crippen LogP contribution in [0.3, 0.4) is 0 Å². The summed E-state index contributed by atoms with van der Waals surface area (Å²) in [5, 5.41) is 3.38. The summed E-state index contributed by atoms with van der Waals surface area (Å²) in [6, 6.07) is 21.7. The molecule has 0 aliphatic carbocycles. The fraction of sp³-hybridized carbons (Fsp3) is 0.0800. The van der Waals surface area contributed by atoms with Gasteiger partial charge in [-0.25, -0.2) is 0 Å². The van der Waals surface area contributed by atoms with Crippen molar-refractivity contribution in [1.29, 1.82) is 0 Å². The Morgan fingerprint density at radius 2 is 1.79 bits per heavy atom. The highest BCUT2D eigenvalue weighted by Crippen LogP contribution is 2.37. The lowest BCUT2D eigenvalue weighted by atomic mass is 10.2. The summed E-state index contributed by atoms with van der Waals surface area (Å²) in [4.78, 5) is 27.3. The van der Waals surface area contributed by atoms with Gasteiger partial charge in [0, 0.05) is 16.3 Å². The van der Waals surface area contributed by atoms with Crippen LogP contribution in [0.4, 0.5) is 11.4 Å². The van der Waals surface area contributed by atoms with Gasteiger partial charge in [0.1, 0.15) is 5.75 Å². The Kier molecular flexibility index (Phi) is 7.13. The Labute approximate surface area is 206 Å². The predicted octanol–water partition coefficient (Wildman–Crippen LogP) is 6.07. The van der Waals surface area contributed by atoms with E-state index in [9.17, 15) is 9.59 Å². The molecule has 1 N–H and O–H groups in total. The molecule has 1 aliphatic heterocycles. The van der Waals surface area contributed by atoms with E-state index >= 15 is 0 Å². The lowest BCUT2D eigenvalue weighted by Gasteiger charge is -2.14. The molecule has 2 amide bonds. The second-order valence-electron chi connectivity index (χ2n) is 7.23. The van der Waals surface area contributed by atoms with Crippen LogP contribution in [0, 0.1) is 6.92 Å². The number of thiocarbonyl (C=S) groups is 1. The monoisotopic (exact) mass is 494 g/mol. The summed E-state index contributed by atoms with van der Waals surface area (Å²) in [6.45, 7) is 1.82. The number of rotatable bonds is 6. The zero-order chi connectivity index (χ0) is 23.4. The molecular formula is C25H19ClN2O3S2. The fourth-order valence-electron chi connectivity index (χ4n) is 3.13. The minimum absolute atomic E-state index is 0.162. The van der Waals surface area contributed by atoms with Gasteiger partial charge in [-0.15, -0.1) is 0 Å². The van der Waals surface area contributed by atoms with Gasteiger partial charge < -0.3 is 10.1 Å². The molecule has 0 atom stereocenters. The molecule has 1 fully saturated rings. The van der Waals surface area contributed by atoms with Gasteiger partial charge in [-0.2, -0.15) is 0 Å². The van der Waals surface area contributed by atoms with Crippen molar-refractivity contribution in [2.45, 2.75) is 6.92 Å². The summed E-state index contributed by atoms with van der Waals surface area (Å²) < 4.78 is 6.19. The normalized spacial score (nSPS) is 14.6. The van der Waals surface area contributed by atoms with Crippen LogP contribution in [0.5, 0.6) is 5.75 Å². The Hall–Kier alpha value is -3.13. The predicted molar refractivity (Wildman–Crippen MR) is 139 cm³/mol. The number of hydrogen-bond acceptors (Lipinski definition) is 5. The summed E-state index contributed by atoms with van der Waals surface area (Å²) in [7, 11) is 0. The number of halogens is 1. The minimum Gasteiger partial charge on any atom is -0.483 e. The van der Waals surface area contributed by atoms with E-state index in [-0.39, 0.29) is 18.4 Å². The average molecular weight is 495 g/mol. The number of ether oxygens (including phenoxy) is 1. The van der Waals surface area contributed by atoms with Gasteiger partial charge in [-0.05, 0) is 55.5 Å². The number of thioether (sulfide) groups is 1. The summed E-state index contributed by atoms with van der Waals surface area (Å²) in [6.07, 6.45) is 1.72. The Balaban J connectivity index is 1.47. The van der Waals surface area contributed by atoms with Crippen LogP contribution in [-0.4, -0.2) is 22.7 Å². The number of nitrogens with one attached hydrogen (secondary N) is 1. The number of para-hydroxylation sites is 1. The maximum Gasteiger partial charge on any atom is 0.270 e. The van der Waals surface area contributed by atoms with Crippen LogP contribution in [0.1, 0.15) is 11.1 Å². The molecule has 0 spiro atoms. The van der Waals surface area contributed by atoms with Crippen LogP contribution in [0.15, 0.2) is 77.7 Å². The van der Waals surface area contributed by atoms with E-state index in [4.69, 9.17) is 28.6 Å². The third kappa shape index (κ3) is 5.63. The maximum atomic E-state index is 13.0. The van der Waals surface area contributed by atoms with E-state index in [2.05, 4.69) is 5.32 Å². The van der Waals surface area contributed by atoms with Crippen LogP contribution >= 0.6 is 35.6 Å². The van der Waals surface area contributed by atoms with Crippen LogP contribution in [0.25, 0.3) is 6.08 Å². The molecule has 5 nitrogen and oxygen atoms in total. The summed E-state index contributed by atoms with van der Waals surface area (Å²) >= 11 is 12.6. The van der Waals surface area contributed by atoms with Gasteiger partial charge in [-0.1, -0.05) is 71.5 Å². The molecule has 8 heteroatoms. The van der Waals surface area contributed by atoms with Crippen molar-refractivity contribution in [2.75, 3.05) is 16.8 Å². The van der Waals surface area contributed by atoms with Crippen molar-refractivity contribution in [3.8, 4) is 5.75 Å². The molecule has 3 aromatic rings. The Morgan fingerprint density at radius 1 is 1.09 bits per heavy atom. The molecule has 0 unspecified atom stereocenters. The average Bonchev–Trinajstić information content (AvgIpc) is 3.08. The number of hydrogen-bond donors (Lipinski definition) is 1. The van der Waals surface area contributed by atoms with Crippen molar-refractivity contribution in [1.82, 2.24) is 0 Å². The van der Waals surface area contributed by atoms with E-state index in [0.29, 0.717) is 36.9 Å². The van der Waals surface area contributed by atoms with E-state index in [1.54, 1.807) is 36.4 Å². The van der Waals surface area contributed by atoms with Crippen LogP contribution < -0.4 is 15.0 Å². The molecule has 1 heterocycles. The highest BCUT2D eigenvalue weighted by atomic mass is 35.5. The second kappa shape index (κ2) is 10.2. The number of anilines is 2. The maximum absolute atomic E-state index is 13.0. The number of nitrogens with zero attached hydrogens (tertiary/aromatic N) is 1.